The van der Waals surface area contributed by atoms with Crippen LogP contribution in [0.25, 0.3) is 0 Å². The number of hydrogen-bond donors (Lipinski definition) is 2. The molecular formula is C14H25NO3. The van der Waals surface area contributed by atoms with Crippen LogP contribution in [0.15, 0.2) is 0 Å². The Balaban J connectivity index is 1.74. The highest BCUT2D eigenvalue weighted by Gasteiger charge is 2.35. The van der Waals surface area contributed by atoms with Gasteiger partial charge in [0.05, 0.1) is 12.5 Å². The summed E-state index contributed by atoms with van der Waals surface area (Å²) in [5.41, 5.74) is 0.576. The third-order valence-corrected chi connectivity index (χ3v) is 4.71. The lowest BCUT2D eigenvalue weighted by molar-refractivity contribution is -0.139. The SMILES string of the molecule is O=C(O)CC(O)CN1CCC2(CCCCC2)CC1. The van der Waals surface area contributed by atoms with Gasteiger partial charge in [-0.15, -0.1) is 0 Å². The maximum absolute atomic E-state index is 10.5. The van der Waals surface area contributed by atoms with Gasteiger partial charge in [0.25, 0.3) is 0 Å². The summed E-state index contributed by atoms with van der Waals surface area (Å²) in [6.07, 6.45) is 8.49. The van der Waals surface area contributed by atoms with Crippen LogP contribution in [0.2, 0.25) is 0 Å². The fourth-order valence-electron chi connectivity index (χ4n) is 3.58. The fraction of sp³-hybridized carbons (Fsp3) is 0.929. The summed E-state index contributed by atoms with van der Waals surface area (Å²) in [5.74, 6) is -0.914. The Hall–Kier alpha value is -0.610. The predicted molar refractivity (Wildman–Crippen MR) is 69.5 cm³/mol. The molecule has 4 nitrogen and oxygen atoms in total. The van der Waals surface area contributed by atoms with Crippen LogP contribution in [0.4, 0.5) is 0 Å². The van der Waals surface area contributed by atoms with E-state index in [0.29, 0.717) is 12.0 Å². The minimum absolute atomic E-state index is 0.137. The van der Waals surface area contributed by atoms with E-state index in [4.69, 9.17) is 5.11 Å². The summed E-state index contributed by atoms with van der Waals surface area (Å²) < 4.78 is 0. The number of aliphatic hydroxyl groups excluding tert-OH is 1. The molecule has 1 aliphatic carbocycles. The molecule has 0 aromatic carbocycles. The monoisotopic (exact) mass is 255 g/mol. The lowest BCUT2D eigenvalue weighted by Gasteiger charge is -2.44. The predicted octanol–water partition coefficient (Wildman–Crippen LogP) is 1.87. The van der Waals surface area contributed by atoms with Crippen LogP contribution < -0.4 is 0 Å². The van der Waals surface area contributed by atoms with Crippen molar-refractivity contribution in [2.45, 2.75) is 57.5 Å². The molecule has 0 aromatic rings. The minimum atomic E-state index is -0.914. The topological polar surface area (TPSA) is 60.8 Å². The van der Waals surface area contributed by atoms with Gasteiger partial charge in [0.2, 0.25) is 0 Å². The second-order valence-corrected chi connectivity index (χ2v) is 6.11. The molecule has 1 unspecified atom stereocenters. The Morgan fingerprint density at radius 3 is 2.28 bits per heavy atom. The van der Waals surface area contributed by atoms with E-state index < -0.39 is 12.1 Å². The molecular weight excluding hydrogens is 230 g/mol. The largest absolute Gasteiger partial charge is 0.481 e. The van der Waals surface area contributed by atoms with E-state index in [9.17, 15) is 9.90 Å². The molecule has 0 radical (unpaired) electrons. The van der Waals surface area contributed by atoms with E-state index in [1.807, 2.05) is 0 Å². The Bertz CT molecular complexity index is 277. The van der Waals surface area contributed by atoms with Crippen molar-refractivity contribution in [1.29, 1.82) is 0 Å². The summed E-state index contributed by atoms with van der Waals surface area (Å²) in [6.45, 7) is 2.57. The van der Waals surface area contributed by atoms with Gasteiger partial charge in [0.15, 0.2) is 0 Å². The number of nitrogens with zero attached hydrogens (tertiary/aromatic N) is 1. The van der Waals surface area contributed by atoms with Crippen molar-refractivity contribution >= 4 is 5.97 Å². The van der Waals surface area contributed by atoms with Gasteiger partial charge in [-0.1, -0.05) is 19.3 Å². The molecule has 2 N–H and O–H groups in total. The van der Waals surface area contributed by atoms with Crippen molar-refractivity contribution in [1.82, 2.24) is 4.90 Å². The van der Waals surface area contributed by atoms with Gasteiger partial charge in [-0.3, -0.25) is 4.79 Å². The number of hydrogen-bond acceptors (Lipinski definition) is 3. The van der Waals surface area contributed by atoms with E-state index in [0.717, 1.165) is 13.1 Å². The van der Waals surface area contributed by atoms with Gasteiger partial charge in [0, 0.05) is 6.54 Å². The van der Waals surface area contributed by atoms with Gasteiger partial charge < -0.3 is 15.1 Å². The molecule has 18 heavy (non-hydrogen) atoms. The van der Waals surface area contributed by atoms with E-state index >= 15 is 0 Å². The molecule has 1 spiro atoms. The first-order valence-electron chi connectivity index (χ1n) is 7.22. The number of rotatable bonds is 4. The van der Waals surface area contributed by atoms with Gasteiger partial charge >= 0.3 is 5.97 Å². The lowest BCUT2D eigenvalue weighted by Crippen LogP contribution is -2.44. The molecule has 2 fully saturated rings. The third-order valence-electron chi connectivity index (χ3n) is 4.71. The molecule has 0 amide bonds. The summed E-state index contributed by atoms with van der Waals surface area (Å²) in [6, 6.07) is 0. The van der Waals surface area contributed by atoms with Crippen LogP contribution in [-0.4, -0.2) is 46.8 Å². The molecule has 1 heterocycles. The summed E-state index contributed by atoms with van der Waals surface area (Å²) >= 11 is 0. The maximum atomic E-state index is 10.5. The van der Waals surface area contributed by atoms with Crippen molar-refractivity contribution in [3.8, 4) is 0 Å². The third kappa shape index (κ3) is 3.69. The first kappa shape index (κ1) is 13.8. The zero-order valence-corrected chi connectivity index (χ0v) is 11.1. The number of aliphatic carboxylic acids is 1. The van der Waals surface area contributed by atoms with Crippen molar-refractivity contribution in [2.75, 3.05) is 19.6 Å². The second-order valence-electron chi connectivity index (χ2n) is 6.11. The number of carboxylic acids is 1. The van der Waals surface area contributed by atoms with Gasteiger partial charge in [-0.25, -0.2) is 0 Å². The van der Waals surface area contributed by atoms with Crippen molar-refractivity contribution in [3.63, 3.8) is 0 Å². The zero-order chi connectivity index (χ0) is 13.0. The van der Waals surface area contributed by atoms with E-state index in [2.05, 4.69) is 4.90 Å². The van der Waals surface area contributed by atoms with Crippen molar-refractivity contribution in [2.24, 2.45) is 5.41 Å². The smallest absolute Gasteiger partial charge is 0.306 e. The maximum Gasteiger partial charge on any atom is 0.306 e. The van der Waals surface area contributed by atoms with Crippen LogP contribution >= 0.6 is 0 Å². The summed E-state index contributed by atoms with van der Waals surface area (Å²) in [5, 5.41) is 18.3. The first-order valence-corrected chi connectivity index (χ1v) is 7.22. The van der Waals surface area contributed by atoms with Crippen LogP contribution in [0, 0.1) is 5.41 Å². The van der Waals surface area contributed by atoms with E-state index in [-0.39, 0.29) is 6.42 Å². The van der Waals surface area contributed by atoms with E-state index in [1.54, 1.807) is 0 Å². The highest BCUT2D eigenvalue weighted by atomic mass is 16.4. The number of carboxylic acid groups (broad SMARTS) is 1. The minimum Gasteiger partial charge on any atom is -0.481 e. The standard InChI is InChI=1S/C14H25NO3/c16-12(10-13(17)18)11-15-8-6-14(7-9-15)4-2-1-3-5-14/h12,16H,1-11H2,(H,17,18). The van der Waals surface area contributed by atoms with Gasteiger partial charge in [-0.05, 0) is 44.2 Å². The lowest BCUT2D eigenvalue weighted by atomic mass is 9.68. The van der Waals surface area contributed by atoms with Gasteiger partial charge in [0.1, 0.15) is 0 Å². The Morgan fingerprint density at radius 1 is 1.11 bits per heavy atom. The number of aliphatic hydroxyl groups is 1. The molecule has 0 aromatic heterocycles. The first-order chi connectivity index (χ1) is 8.60. The van der Waals surface area contributed by atoms with Crippen molar-refractivity contribution in [3.05, 3.63) is 0 Å². The molecule has 4 heteroatoms. The Kier molecular flexibility index (Phi) is 4.62. The average molecular weight is 255 g/mol. The molecule has 1 atom stereocenters. The number of piperidine rings is 1. The molecule has 2 aliphatic rings. The van der Waals surface area contributed by atoms with Crippen LogP contribution in [0.5, 0.6) is 0 Å². The van der Waals surface area contributed by atoms with Crippen LogP contribution in [0.3, 0.4) is 0 Å². The quantitative estimate of drug-likeness (QED) is 0.805. The average Bonchev–Trinajstić information content (AvgIpc) is 2.33. The van der Waals surface area contributed by atoms with Gasteiger partial charge in [-0.2, -0.15) is 0 Å². The number of likely N-dealkylation sites (tertiary alicyclic amines) is 1. The highest BCUT2D eigenvalue weighted by molar-refractivity contribution is 5.67. The number of carbonyl (C=O) groups is 1. The molecule has 1 saturated carbocycles. The summed E-state index contributed by atoms with van der Waals surface area (Å²) in [4.78, 5) is 12.7. The highest BCUT2D eigenvalue weighted by Crippen LogP contribution is 2.44. The fourth-order valence-corrected chi connectivity index (χ4v) is 3.58. The van der Waals surface area contributed by atoms with Crippen molar-refractivity contribution < 1.29 is 15.0 Å². The van der Waals surface area contributed by atoms with Crippen LogP contribution in [0.1, 0.15) is 51.4 Å². The Morgan fingerprint density at radius 2 is 1.72 bits per heavy atom. The zero-order valence-electron chi connectivity index (χ0n) is 11.1. The molecule has 0 bridgehead atoms. The molecule has 104 valence electrons. The van der Waals surface area contributed by atoms with Crippen LogP contribution in [-0.2, 0) is 4.79 Å². The number of β-amino-alcohol motifs (C(OH)–C–C–N with tert-alkyl or cyclic N) is 1. The second kappa shape index (κ2) is 6.02. The molecule has 1 aliphatic heterocycles. The van der Waals surface area contributed by atoms with E-state index in [1.165, 1.54) is 44.9 Å². The normalized spacial score (nSPS) is 26.1. The Labute approximate surface area is 109 Å². The molecule has 2 rings (SSSR count). The summed E-state index contributed by atoms with van der Waals surface area (Å²) in [7, 11) is 0. The molecule has 1 saturated heterocycles.